The van der Waals surface area contributed by atoms with Crippen molar-refractivity contribution in [2.75, 3.05) is 7.11 Å². The molecule has 20 heavy (non-hydrogen) atoms. The van der Waals surface area contributed by atoms with E-state index in [1.165, 1.54) is 29.0 Å². The number of nitrogens with two attached hydrogens (primary N) is 1. The van der Waals surface area contributed by atoms with E-state index in [1.807, 2.05) is 12.1 Å². The van der Waals surface area contributed by atoms with Gasteiger partial charge in [-0.2, -0.15) is 0 Å². The Bertz CT molecular complexity index is 607. The van der Waals surface area contributed by atoms with Crippen LogP contribution in [0.1, 0.15) is 36.4 Å². The molecule has 0 amide bonds. The van der Waals surface area contributed by atoms with Crippen molar-refractivity contribution in [3.63, 3.8) is 0 Å². The molecule has 0 aliphatic rings. The van der Waals surface area contributed by atoms with Gasteiger partial charge in [0.25, 0.3) is 0 Å². The molecule has 0 aliphatic heterocycles. The van der Waals surface area contributed by atoms with Crippen LogP contribution < -0.4 is 5.73 Å². The number of benzene rings is 2. The normalized spacial score (nSPS) is 12.3. The molecule has 2 aromatic rings. The largest absolute Gasteiger partial charge is 0.469 e. The van der Waals surface area contributed by atoms with E-state index >= 15 is 0 Å². The molecule has 0 bridgehead atoms. The first-order valence-corrected chi connectivity index (χ1v) is 6.94. The number of rotatable bonds is 5. The Balaban J connectivity index is 2.19. The zero-order valence-corrected chi connectivity index (χ0v) is 12.1. The Hall–Kier alpha value is -1.87. The van der Waals surface area contributed by atoms with Crippen molar-refractivity contribution >= 4 is 16.7 Å². The second kappa shape index (κ2) is 6.53. The van der Waals surface area contributed by atoms with Crippen LogP contribution in [0.4, 0.5) is 0 Å². The predicted molar refractivity (Wildman–Crippen MR) is 81.5 cm³/mol. The van der Waals surface area contributed by atoms with E-state index in [2.05, 4.69) is 35.9 Å². The van der Waals surface area contributed by atoms with Crippen LogP contribution in [0.2, 0.25) is 0 Å². The second-order valence-corrected chi connectivity index (χ2v) is 5.09. The molecule has 3 nitrogen and oxygen atoms in total. The predicted octanol–water partition coefficient (Wildman–Crippen LogP) is 3.49. The first kappa shape index (κ1) is 14.5. The minimum atomic E-state index is -0.174. The number of methoxy groups -OCH3 is 1. The van der Waals surface area contributed by atoms with Crippen molar-refractivity contribution in [2.24, 2.45) is 5.73 Å². The van der Waals surface area contributed by atoms with Crippen LogP contribution in [0.25, 0.3) is 10.8 Å². The van der Waals surface area contributed by atoms with Gasteiger partial charge < -0.3 is 10.5 Å². The number of hydrogen-bond donors (Lipinski definition) is 1. The number of ether oxygens (including phenoxy) is 1. The zero-order chi connectivity index (χ0) is 14.5. The SMILES string of the molecule is COC(=O)CCCC(N)c1c(C)ccc2ccccc12. The third kappa shape index (κ3) is 3.17. The summed E-state index contributed by atoms with van der Waals surface area (Å²) in [4.78, 5) is 11.1. The fraction of sp³-hybridized carbons (Fsp3) is 0.353. The van der Waals surface area contributed by atoms with Crippen molar-refractivity contribution < 1.29 is 9.53 Å². The van der Waals surface area contributed by atoms with Crippen LogP contribution in [0.5, 0.6) is 0 Å². The molecule has 0 heterocycles. The molecule has 106 valence electrons. The standard InChI is InChI=1S/C17H21NO2/c1-12-10-11-13-6-3-4-7-14(13)17(12)15(18)8-5-9-16(19)20-2/h3-4,6-7,10-11,15H,5,8-9,18H2,1-2H3. The number of hydrogen-bond acceptors (Lipinski definition) is 3. The van der Waals surface area contributed by atoms with Crippen LogP contribution in [-0.2, 0) is 9.53 Å². The number of esters is 1. The van der Waals surface area contributed by atoms with Crippen LogP contribution in [0, 0.1) is 6.92 Å². The maximum atomic E-state index is 11.1. The van der Waals surface area contributed by atoms with Gasteiger partial charge in [0, 0.05) is 12.5 Å². The number of carbonyl (C=O) groups excluding carboxylic acids is 1. The highest BCUT2D eigenvalue weighted by Gasteiger charge is 2.13. The van der Waals surface area contributed by atoms with Crippen LogP contribution >= 0.6 is 0 Å². The molecule has 0 saturated carbocycles. The Morgan fingerprint density at radius 3 is 2.75 bits per heavy atom. The minimum Gasteiger partial charge on any atom is -0.469 e. The van der Waals surface area contributed by atoms with Gasteiger partial charge in [-0.3, -0.25) is 4.79 Å². The van der Waals surface area contributed by atoms with E-state index in [0.29, 0.717) is 6.42 Å². The molecule has 2 N–H and O–H groups in total. The molecule has 0 aromatic heterocycles. The van der Waals surface area contributed by atoms with Gasteiger partial charge in [-0.25, -0.2) is 0 Å². The molecule has 3 heteroatoms. The molecule has 0 aliphatic carbocycles. The first-order valence-electron chi connectivity index (χ1n) is 6.94. The van der Waals surface area contributed by atoms with E-state index < -0.39 is 0 Å². The van der Waals surface area contributed by atoms with Crippen molar-refractivity contribution in [3.05, 3.63) is 47.5 Å². The van der Waals surface area contributed by atoms with Gasteiger partial charge in [0.2, 0.25) is 0 Å². The second-order valence-electron chi connectivity index (χ2n) is 5.09. The summed E-state index contributed by atoms with van der Waals surface area (Å²) in [6.07, 6.45) is 1.95. The summed E-state index contributed by atoms with van der Waals surface area (Å²) in [7, 11) is 1.41. The lowest BCUT2D eigenvalue weighted by Gasteiger charge is -2.17. The Kier molecular flexibility index (Phi) is 4.74. The molecule has 1 unspecified atom stereocenters. The molecule has 2 rings (SSSR count). The van der Waals surface area contributed by atoms with Crippen molar-refractivity contribution in [1.29, 1.82) is 0 Å². The lowest BCUT2D eigenvalue weighted by Crippen LogP contribution is -2.13. The van der Waals surface area contributed by atoms with Gasteiger partial charge in [-0.1, -0.05) is 36.4 Å². The van der Waals surface area contributed by atoms with Gasteiger partial charge >= 0.3 is 5.97 Å². The Morgan fingerprint density at radius 1 is 1.25 bits per heavy atom. The molecule has 1 atom stereocenters. The average molecular weight is 271 g/mol. The number of carbonyl (C=O) groups is 1. The van der Waals surface area contributed by atoms with E-state index in [4.69, 9.17) is 5.73 Å². The molecule has 0 spiro atoms. The highest BCUT2D eigenvalue weighted by molar-refractivity contribution is 5.87. The summed E-state index contributed by atoms with van der Waals surface area (Å²) in [5.74, 6) is -0.174. The lowest BCUT2D eigenvalue weighted by molar-refractivity contribution is -0.140. The fourth-order valence-electron chi connectivity index (χ4n) is 2.61. The Morgan fingerprint density at radius 2 is 2.00 bits per heavy atom. The third-order valence-corrected chi connectivity index (χ3v) is 3.68. The van der Waals surface area contributed by atoms with E-state index in [1.54, 1.807) is 0 Å². The quantitative estimate of drug-likeness (QED) is 0.847. The van der Waals surface area contributed by atoms with Crippen molar-refractivity contribution in [1.82, 2.24) is 0 Å². The summed E-state index contributed by atoms with van der Waals surface area (Å²) in [6.45, 7) is 2.09. The summed E-state index contributed by atoms with van der Waals surface area (Å²) in [6, 6.07) is 12.5. The highest BCUT2D eigenvalue weighted by Crippen LogP contribution is 2.29. The van der Waals surface area contributed by atoms with Crippen LogP contribution in [0.15, 0.2) is 36.4 Å². The molecular formula is C17H21NO2. The van der Waals surface area contributed by atoms with Gasteiger partial charge in [-0.15, -0.1) is 0 Å². The van der Waals surface area contributed by atoms with Gasteiger partial charge in [0.05, 0.1) is 7.11 Å². The van der Waals surface area contributed by atoms with E-state index in [9.17, 15) is 4.79 Å². The molecule has 2 aromatic carbocycles. The monoisotopic (exact) mass is 271 g/mol. The van der Waals surface area contributed by atoms with Crippen LogP contribution in [-0.4, -0.2) is 13.1 Å². The topological polar surface area (TPSA) is 52.3 Å². The highest BCUT2D eigenvalue weighted by atomic mass is 16.5. The first-order chi connectivity index (χ1) is 9.63. The fourth-order valence-corrected chi connectivity index (χ4v) is 2.61. The number of aryl methyl sites for hydroxylation is 1. The average Bonchev–Trinajstić information content (AvgIpc) is 2.46. The van der Waals surface area contributed by atoms with Gasteiger partial charge in [0.1, 0.15) is 0 Å². The smallest absolute Gasteiger partial charge is 0.305 e. The summed E-state index contributed by atoms with van der Waals surface area (Å²) < 4.78 is 4.65. The van der Waals surface area contributed by atoms with Gasteiger partial charge in [0.15, 0.2) is 0 Å². The molecular weight excluding hydrogens is 250 g/mol. The Labute approximate surface area is 119 Å². The lowest BCUT2D eigenvalue weighted by atomic mass is 9.92. The van der Waals surface area contributed by atoms with Crippen LogP contribution in [0.3, 0.4) is 0 Å². The minimum absolute atomic E-state index is 0.0502. The molecule has 0 fully saturated rings. The summed E-state index contributed by atoms with van der Waals surface area (Å²) in [5, 5.41) is 2.41. The summed E-state index contributed by atoms with van der Waals surface area (Å²) >= 11 is 0. The van der Waals surface area contributed by atoms with Crippen molar-refractivity contribution in [2.45, 2.75) is 32.2 Å². The van der Waals surface area contributed by atoms with E-state index in [0.717, 1.165) is 12.8 Å². The maximum absolute atomic E-state index is 11.1. The number of fused-ring (bicyclic) bond motifs is 1. The van der Waals surface area contributed by atoms with E-state index in [-0.39, 0.29) is 12.0 Å². The maximum Gasteiger partial charge on any atom is 0.305 e. The molecule has 0 saturated heterocycles. The van der Waals surface area contributed by atoms with Crippen molar-refractivity contribution in [3.8, 4) is 0 Å². The zero-order valence-electron chi connectivity index (χ0n) is 12.1. The van der Waals surface area contributed by atoms with Gasteiger partial charge in [-0.05, 0) is 41.7 Å². The summed E-state index contributed by atoms with van der Waals surface area (Å²) in [5.41, 5.74) is 8.73. The molecule has 0 radical (unpaired) electrons. The third-order valence-electron chi connectivity index (χ3n) is 3.68.